The summed E-state index contributed by atoms with van der Waals surface area (Å²) in [6, 6.07) is 7.80. The van der Waals surface area contributed by atoms with E-state index in [1.54, 1.807) is 0 Å². The van der Waals surface area contributed by atoms with Crippen molar-refractivity contribution in [2.24, 2.45) is 0 Å². The Kier molecular flexibility index (Phi) is 2.17. The molecule has 0 aromatic heterocycles. The number of aryl methyl sites for hydroxylation is 1. The first-order valence-electron chi connectivity index (χ1n) is 5.79. The van der Waals surface area contributed by atoms with Gasteiger partial charge in [0.25, 0.3) is 0 Å². The molecule has 1 aromatic rings. The third-order valence-corrected chi connectivity index (χ3v) is 3.18. The van der Waals surface area contributed by atoms with Crippen LogP contribution in [0.3, 0.4) is 0 Å². The zero-order chi connectivity index (χ0) is 10.3. The van der Waals surface area contributed by atoms with Crippen molar-refractivity contribution in [2.45, 2.75) is 38.3 Å². The maximum atomic E-state index is 5.78. The van der Waals surface area contributed by atoms with Gasteiger partial charge in [-0.3, -0.25) is 0 Å². The average Bonchev–Trinajstić information content (AvgIpc) is 3.02. The van der Waals surface area contributed by atoms with E-state index in [1.165, 1.54) is 24.0 Å². The second-order valence-corrected chi connectivity index (χ2v) is 4.76. The van der Waals surface area contributed by atoms with Crippen LogP contribution in [0.4, 0.5) is 0 Å². The average molecular weight is 203 g/mol. The minimum Gasteiger partial charge on any atom is -0.492 e. The van der Waals surface area contributed by atoms with Gasteiger partial charge in [0.2, 0.25) is 0 Å². The molecule has 1 aromatic carbocycles. The minimum atomic E-state index is 0.521. The van der Waals surface area contributed by atoms with E-state index >= 15 is 0 Å². The Labute approximate surface area is 90.6 Å². The van der Waals surface area contributed by atoms with E-state index in [2.05, 4.69) is 30.4 Å². The van der Waals surface area contributed by atoms with Crippen molar-refractivity contribution in [3.63, 3.8) is 0 Å². The van der Waals surface area contributed by atoms with E-state index in [1.807, 2.05) is 0 Å². The number of benzene rings is 1. The van der Waals surface area contributed by atoms with Crippen LogP contribution in [0.1, 0.15) is 24.0 Å². The van der Waals surface area contributed by atoms with Crippen LogP contribution in [-0.4, -0.2) is 18.7 Å². The molecule has 1 N–H and O–H groups in total. The van der Waals surface area contributed by atoms with Gasteiger partial charge in [-0.15, -0.1) is 0 Å². The summed E-state index contributed by atoms with van der Waals surface area (Å²) in [5.74, 6) is 1.09. The van der Waals surface area contributed by atoms with Gasteiger partial charge in [0, 0.05) is 12.1 Å². The third kappa shape index (κ3) is 2.00. The van der Waals surface area contributed by atoms with Crippen LogP contribution in [0, 0.1) is 6.92 Å². The molecule has 0 saturated heterocycles. The van der Waals surface area contributed by atoms with Crippen LogP contribution in [0.25, 0.3) is 0 Å². The Hall–Kier alpha value is -1.02. The molecule has 1 aliphatic carbocycles. The van der Waals surface area contributed by atoms with Gasteiger partial charge in [-0.1, -0.05) is 12.1 Å². The SMILES string of the molecule is Cc1ccc2c(c1)OCC(NC1CC1)C2. The first-order chi connectivity index (χ1) is 7.31. The lowest BCUT2D eigenvalue weighted by molar-refractivity contribution is 0.237. The molecule has 1 unspecified atom stereocenters. The Morgan fingerprint density at radius 3 is 2.93 bits per heavy atom. The van der Waals surface area contributed by atoms with Crippen molar-refractivity contribution in [1.29, 1.82) is 0 Å². The number of hydrogen-bond acceptors (Lipinski definition) is 2. The van der Waals surface area contributed by atoms with Crippen molar-refractivity contribution in [1.82, 2.24) is 5.32 Å². The fraction of sp³-hybridized carbons (Fsp3) is 0.538. The molecule has 1 heterocycles. The predicted molar refractivity (Wildman–Crippen MR) is 60.3 cm³/mol. The van der Waals surface area contributed by atoms with Crippen molar-refractivity contribution in [3.05, 3.63) is 29.3 Å². The molecule has 15 heavy (non-hydrogen) atoms. The van der Waals surface area contributed by atoms with E-state index in [9.17, 15) is 0 Å². The largest absolute Gasteiger partial charge is 0.492 e. The summed E-state index contributed by atoms with van der Waals surface area (Å²) in [7, 11) is 0. The predicted octanol–water partition coefficient (Wildman–Crippen LogP) is 2.05. The van der Waals surface area contributed by atoms with Crippen LogP contribution in [0.2, 0.25) is 0 Å². The van der Waals surface area contributed by atoms with Crippen LogP contribution in [0.15, 0.2) is 18.2 Å². The molecule has 1 aliphatic heterocycles. The summed E-state index contributed by atoms with van der Waals surface area (Å²) in [5, 5.41) is 3.62. The standard InChI is InChI=1S/C13H17NO/c1-9-2-3-10-7-12(14-11-4-5-11)8-15-13(10)6-9/h2-3,6,11-12,14H,4-5,7-8H2,1H3. The molecular formula is C13H17NO. The monoisotopic (exact) mass is 203 g/mol. The highest BCUT2D eigenvalue weighted by Gasteiger charge is 2.27. The quantitative estimate of drug-likeness (QED) is 0.794. The summed E-state index contributed by atoms with van der Waals surface area (Å²) >= 11 is 0. The molecule has 1 saturated carbocycles. The van der Waals surface area contributed by atoms with Gasteiger partial charge < -0.3 is 10.1 Å². The Bertz CT molecular complexity index is 371. The molecular weight excluding hydrogens is 186 g/mol. The highest BCUT2D eigenvalue weighted by molar-refractivity contribution is 5.39. The molecule has 3 rings (SSSR count). The number of fused-ring (bicyclic) bond motifs is 1. The summed E-state index contributed by atoms with van der Waals surface area (Å²) < 4.78 is 5.78. The van der Waals surface area contributed by atoms with Crippen molar-refractivity contribution < 1.29 is 4.74 Å². The number of rotatable bonds is 2. The van der Waals surface area contributed by atoms with Crippen LogP contribution >= 0.6 is 0 Å². The molecule has 0 amide bonds. The molecule has 1 fully saturated rings. The highest BCUT2D eigenvalue weighted by atomic mass is 16.5. The topological polar surface area (TPSA) is 21.3 Å². The van der Waals surface area contributed by atoms with Crippen molar-refractivity contribution in [3.8, 4) is 5.75 Å². The fourth-order valence-electron chi connectivity index (χ4n) is 2.17. The van der Waals surface area contributed by atoms with E-state index < -0.39 is 0 Å². The zero-order valence-electron chi connectivity index (χ0n) is 9.12. The smallest absolute Gasteiger partial charge is 0.122 e. The van der Waals surface area contributed by atoms with Gasteiger partial charge in [0.05, 0.1) is 0 Å². The summed E-state index contributed by atoms with van der Waals surface area (Å²) in [6.45, 7) is 2.94. The second kappa shape index (κ2) is 3.53. The maximum Gasteiger partial charge on any atom is 0.122 e. The van der Waals surface area contributed by atoms with Crippen molar-refractivity contribution >= 4 is 0 Å². The van der Waals surface area contributed by atoms with Gasteiger partial charge >= 0.3 is 0 Å². The van der Waals surface area contributed by atoms with Crippen LogP contribution in [-0.2, 0) is 6.42 Å². The second-order valence-electron chi connectivity index (χ2n) is 4.76. The fourth-order valence-corrected chi connectivity index (χ4v) is 2.17. The first-order valence-corrected chi connectivity index (χ1v) is 5.79. The van der Waals surface area contributed by atoms with E-state index in [-0.39, 0.29) is 0 Å². The van der Waals surface area contributed by atoms with Gasteiger partial charge in [0.15, 0.2) is 0 Å². The van der Waals surface area contributed by atoms with E-state index in [0.717, 1.165) is 24.8 Å². The molecule has 2 heteroatoms. The lowest BCUT2D eigenvalue weighted by Gasteiger charge is -2.26. The molecule has 2 nitrogen and oxygen atoms in total. The van der Waals surface area contributed by atoms with E-state index in [4.69, 9.17) is 4.74 Å². The van der Waals surface area contributed by atoms with Gasteiger partial charge in [-0.05, 0) is 43.4 Å². The van der Waals surface area contributed by atoms with Gasteiger partial charge in [-0.25, -0.2) is 0 Å². The normalized spacial score (nSPS) is 24.5. The molecule has 80 valence electrons. The van der Waals surface area contributed by atoms with Crippen molar-refractivity contribution in [2.75, 3.05) is 6.61 Å². The summed E-state index contributed by atoms with van der Waals surface area (Å²) in [4.78, 5) is 0. The number of ether oxygens (including phenoxy) is 1. The summed E-state index contributed by atoms with van der Waals surface area (Å²) in [5.41, 5.74) is 2.63. The molecule has 1 atom stereocenters. The maximum absolute atomic E-state index is 5.78. The third-order valence-electron chi connectivity index (χ3n) is 3.18. The zero-order valence-corrected chi connectivity index (χ0v) is 9.12. The minimum absolute atomic E-state index is 0.521. The van der Waals surface area contributed by atoms with Gasteiger partial charge in [-0.2, -0.15) is 0 Å². The Morgan fingerprint density at radius 1 is 1.27 bits per heavy atom. The number of nitrogens with one attached hydrogen (secondary N) is 1. The molecule has 2 aliphatic rings. The molecule has 0 bridgehead atoms. The lowest BCUT2D eigenvalue weighted by atomic mass is 10.0. The lowest BCUT2D eigenvalue weighted by Crippen LogP contribution is -2.40. The highest BCUT2D eigenvalue weighted by Crippen LogP contribution is 2.27. The molecule has 0 radical (unpaired) electrons. The Morgan fingerprint density at radius 2 is 2.13 bits per heavy atom. The number of hydrogen-bond donors (Lipinski definition) is 1. The Balaban J connectivity index is 1.74. The van der Waals surface area contributed by atoms with Gasteiger partial charge in [0.1, 0.15) is 12.4 Å². The molecule has 0 spiro atoms. The van der Waals surface area contributed by atoms with Crippen LogP contribution < -0.4 is 10.1 Å². The van der Waals surface area contributed by atoms with E-state index in [0.29, 0.717) is 6.04 Å². The first kappa shape index (κ1) is 9.22. The summed E-state index contributed by atoms with van der Waals surface area (Å²) in [6.07, 6.45) is 3.81. The van der Waals surface area contributed by atoms with Crippen LogP contribution in [0.5, 0.6) is 5.75 Å².